The smallest absolute Gasteiger partial charge is 0.223 e. The highest BCUT2D eigenvalue weighted by Gasteiger charge is 2.35. The summed E-state index contributed by atoms with van der Waals surface area (Å²) in [5, 5.41) is 13.3. The van der Waals surface area contributed by atoms with Crippen LogP contribution < -0.4 is 11.1 Å². The van der Waals surface area contributed by atoms with Crippen molar-refractivity contribution < 1.29 is 9.90 Å². The fourth-order valence-corrected chi connectivity index (χ4v) is 3.36. The fourth-order valence-electron chi connectivity index (χ4n) is 3.36. The molecule has 4 heteroatoms. The van der Waals surface area contributed by atoms with E-state index in [1.54, 1.807) is 0 Å². The first kappa shape index (κ1) is 14.8. The van der Waals surface area contributed by atoms with Crippen molar-refractivity contribution >= 4 is 5.91 Å². The zero-order chi connectivity index (χ0) is 13.7. The lowest BCUT2D eigenvalue weighted by Crippen LogP contribution is -2.45. The highest BCUT2D eigenvalue weighted by Crippen LogP contribution is 2.31. The van der Waals surface area contributed by atoms with E-state index in [1.807, 2.05) is 0 Å². The zero-order valence-electron chi connectivity index (χ0n) is 11.9. The summed E-state index contributed by atoms with van der Waals surface area (Å²) >= 11 is 0. The minimum absolute atomic E-state index is 0.0788. The SMILES string of the molecule is NCC1(O)CCC(C(=O)NC2CCCCCC2)CC1. The molecule has 0 aliphatic heterocycles. The first-order valence-electron chi connectivity index (χ1n) is 7.86. The second-order valence-corrected chi connectivity index (χ2v) is 6.40. The van der Waals surface area contributed by atoms with E-state index < -0.39 is 5.60 Å². The van der Waals surface area contributed by atoms with E-state index >= 15 is 0 Å². The average molecular weight is 268 g/mol. The third kappa shape index (κ3) is 4.18. The predicted octanol–water partition coefficient (Wildman–Crippen LogP) is 1.71. The monoisotopic (exact) mass is 268 g/mol. The van der Waals surface area contributed by atoms with Crippen LogP contribution in [0.15, 0.2) is 0 Å². The minimum Gasteiger partial charge on any atom is -0.389 e. The molecule has 1 amide bonds. The van der Waals surface area contributed by atoms with Crippen LogP contribution in [0.4, 0.5) is 0 Å². The number of rotatable bonds is 3. The molecule has 0 aromatic heterocycles. The van der Waals surface area contributed by atoms with Gasteiger partial charge in [-0.25, -0.2) is 0 Å². The Hall–Kier alpha value is -0.610. The van der Waals surface area contributed by atoms with Crippen molar-refractivity contribution in [3.63, 3.8) is 0 Å². The fraction of sp³-hybridized carbons (Fsp3) is 0.933. The summed E-state index contributed by atoms with van der Waals surface area (Å²) in [5.74, 6) is 0.279. The van der Waals surface area contributed by atoms with Crippen molar-refractivity contribution in [2.45, 2.75) is 75.9 Å². The molecule has 19 heavy (non-hydrogen) atoms. The Morgan fingerprint density at radius 1 is 1.11 bits per heavy atom. The van der Waals surface area contributed by atoms with Gasteiger partial charge in [-0.3, -0.25) is 4.79 Å². The van der Waals surface area contributed by atoms with E-state index in [0.717, 1.165) is 25.7 Å². The van der Waals surface area contributed by atoms with Crippen LogP contribution in [0.3, 0.4) is 0 Å². The predicted molar refractivity (Wildman–Crippen MR) is 75.6 cm³/mol. The number of hydrogen-bond acceptors (Lipinski definition) is 3. The molecule has 0 heterocycles. The van der Waals surface area contributed by atoms with Gasteiger partial charge in [0.05, 0.1) is 5.60 Å². The van der Waals surface area contributed by atoms with Gasteiger partial charge in [-0.05, 0) is 38.5 Å². The second kappa shape index (κ2) is 6.71. The molecular weight excluding hydrogens is 240 g/mol. The molecule has 0 atom stereocenters. The molecule has 110 valence electrons. The van der Waals surface area contributed by atoms with Crippen molar-refractivity contribution in [2.24, 2.45) is 11.7 Å². The molecular formula is C15H28N2O2. The summed E-state index contributed by atoms with van der Waals surface area (Å²) in [6.07, 6.45) is 10.2. The van der Waals surface area contributed by atoms with Crippen LogP contribution >= 0.6 is 0 Å². The second-order valence-electron chi connectivity index (χ2n) is 6.40. The minimum atomic E-state index is -0.723. The largest absolute Gasteiger partial charge is 0.389 e. The lowest BCUT2D eigenvalue weighted by molar-refractivity contribution is -0.128. The van der Waals surface area contributed by atoms with Gasteiger partial charge >= 0.3 is 0 Å². The average Bonchev–Trinajstić information content (AvgIpc) is 2.68. The molecule has 2 rings (SSSR count). The van der Waals surface area contributed by atoms with Gasteiger partial charge in [0.1, 0.15) is 0 Å². The van der Waals surface area contributed by atoms with Gasteiger partial charge in [-0.1, -0.05) is 25.7 Å². The maximum Gasteiger partial charge on any atom is 0.223 e. The number of carbonyl (C=O) groups is 1. The Labute approximate surface area is 116 Å². The third-order valence-electron chi connectivity index (χ3n) is 4.87. The Balaban J connectivity index is 1.77. The Morgan fingerprint density at radius 2 is 1.68 bits per heavy atom. The molecule has 2 aliphatic rings. The van der Waals surface area contributed by atoms with E-state index in [0.29, 0.717) is 25.4 Å². The van der Waals surface area contributed by atoms with Crippen molar-refractivity contribution in [1.82, 2.24) is 5.32 Å². The highest BCUT2D eigenvalue weighted by molar-refractivity contribution is 5.79. The van der Waals surface area contributed by atoms with Crippen molar-refractivity contribution in [3.8, 4) is 0 Å². The molecule has 4 nitrogen and oxygen atoms in total. The van der Waals surface area contributed by atoms with E-state index in [4.69, 9.17) is 5.73 Å². The topological polar surface area (TPSA) is 75.3 Å². The van der Waals surface area contributed by atoms with Crippen LogP contribution in [0, 0.1) is 5.92 Å². The van der Waals surface area contributed by atoms with Crippen LogP contribution in [0.2, 0.25) is 0 Å². The van der Waals surface area contributed by atoms with Crippen molar-refractivity contribution in [1.29, 1.82) is 0 Å². The van der Waals surface area contributed by atoms with E-state index in [1.165, 1.54) is 25.7 Å². The summed E-state index contributed by atoms with van der Waals surface area (Å²) in [5.41, 5.74) is 4.85. The number of hydrogen-bond donors (Lipinski definition) is 3. The summed E-state index contributed by atoms with van der Waals surface area (Å²) in [4.78, 5) is 12.3. The molecule has 0 unspecified atom stereocenters. The molecule has 4 N–H and O–H groups in total. The zero-order valence-corrected chi connectivity index (χ0v) is 11.9. The van der Waals surface area contributed by atoms with Gasteiger partial charge in [-0.2, -0.15) is 0 Å². The molecule has 0 aromatic carbocycles. The molecule has 2 aliphatic carbocycles. The highest BCUT2D eigenvalue weighted by atomic mass is 16.3. The Kier molecular flexibility index (Phi) is 5.22. The van der Waals surface area contributed by atoms with Gasteiger partial charge < -0.3 is 16.2 Å². The Morgan fingerprint density at radius 3 is 2.21 bits per heavy atom. The van der Waals surface area contributed by atoms with Crippen molar-refractivity contribution in [3.05, 3.63) is 0 Å². The van der Waals surface area contributed by atoms with Crippen molar-refractivity contribution in [2.75, 3.05) is 6.54 Å². The van der Waals surface area contributed by atoms with Gasteiger partial charge in [0.25, 0.3) is 0 Å². The van der Waals surface area contributed by atoms with E-state index in [-0.39, 0.29) is 11.8 Å². The van der Waals surface area contributed by atoms with Crippen LogP contribution in [0.1, 0.15) is 64.2 Å². The molecule has 0 spiro atoms. The van der Waals surface area contributed by atoms with Gasteiger partial charge in [0.2, 0.25) is 5.91 Å². The molecule has 0 aromatic rings. The number of nitrogens with two attached hydrogens (primary N) is 1. The summed E-state index contributed by atoms with van der Waals surface area (Å²) in [7, 11) is 0. The van der Waals surface area contributed by atoms with Gasteiger partial charge in [0, 0.05) is 18.5 Å². The summed E-state index contributed by atoms with van der Waals surface area (Å²) in [6.45, 7) is 0.309. The summed E-state index contributed by atoms with van der Waals surface area (Å²) < 4.78 is 0. The maximum absolute atomic E-state index is 12.3. The Bertz CT molecular complexity index is 291. The first-order chi connectivity index (χ1) is 9.13. The van der Waals surface area contributed by atoms with Crippen LogP contribution in [0.25, 0.3) is 0 Å². The third-order valence-corrected chi connectivity index (χ3v) is 4.87. The van der Waals surface area contributed by atoms with E-state index in [9.17, 15) is 9.90 Å². The van der Waals surface area contributed by atoms with E-state index in [2.05, 4.69) is 5.32 Å². The first-order valence-corrected chi connectivity index (χ1v) is 7.86. The number of carbonyl (C=O) groups excluding carboxylic acids is 1. The molecule has 2 saturated carbocycles. The number of aliphatic hydroxyl groups is 1. The molecule has 2 fully saturated rings. The maximum atomic E-state index is 12.3. The lowest BCUT2D eigenvalue weighted by atomic mass is 9.78. The van der Waals surface area contributed by atoms with Gasteiger partial charge in [-0.15, -0.1) is 0 Å². The quantitative estimate of drug-likeness (QED) is 0.682. The summed E-state index contributed by atoms with van der Waals surface area (Å²) in [6, 6.07) is 0.380. The van der Waals surface area contributed by atoms with Crippen LogP contribution in [-0.2, 0) is 4.79 Å². The number of nitrogens with one attached hydrogen (secondary N) is 1. The lowest BCUT2D eigenvalue weighted by Gasteiger charge is -2.35. The normalized spacial score (nSPS) is 33.7. The van der Waals surface area contributed by atoms with Gasteiger partial charge in [0.15, 0.2) is 0 Å². The number of amides is 1. The molecule has 0 saturated heterocycles. The standard InChI is InChI=1S/C15H28N2O2/c16-11-15(19)9-7-12(8-10-15)14(18)17-13-5-3-1-2-4-6-13/h12-13,19H,1-11,16H2,(H,17,18). The molecule has 0 radical (unpaired) electrons. The molecule has 0 bridgehead atoms. The van der Waals surface area contributed by atoms with Crippen LogP contribution in [-0.4, -0.2) is 29.2 Å². The van der Waals surface area contributed by atoms with Crippen LogP contribution in [0.5, 0.6) is 0 Å².